The molecule has 1 nitrogen and oxygen atoms in total. The van der Waals surface area contributed by atoms with Crippen LogP contribution in [0.1, 0.15) is 36.8 Å². The van der Waals surface area contributed by atoms with Crippen LogP contribution in [0.25, 0.3) is 0 Å². The van der Waals surface area contributed by atoms with Crippen LogP contribution in [0, 0.1) is 11.5 Å². The molecule has 0 bridgehead atoms. The molecule has 1 fully saturated rings. The molecule has 1 aliphatic heterocycles. The number of fused-ring (bicyclic) bond motifs is 1. The maximum Gasteiger partial charge on any atom is 0.000122 e. The Morgan fingerprint density at radius 1 is 1.18 bits per heavy atom. The second-order valence-electron chi connectivity index (χ2n) is 5.51. The van der Waals surface area contributed by atoms with Gasteiger partial charge in [-0.1, -0.05) is 19.3 Å². The van der Waals surface area contributed by atoms with Crippen molar-refractivity contribution in [3.8, 4) is 0 Å². The van der Waals surface area contributed by atoms with Crippen molar-refractivity contribution in [2.24, 2.45) is 5.41 Å². The Morgan fingerprint density at radius 3 is 2.88 bits per heavy atom. The van der Waals surface area contributed by atoms with E-state index in [1.54, 1.807) is 11.1 Å². The molecule has 3 rings (SSSR count). The van der Waals surface area contributed by atoms with Gasteiger partial charge in [0.05, 0.1) is 0 Å². The van der Waals surface area contributed by atoms with Crippen molar-refractivity contribution in [1.29, 1.82) is 0 Å². The van der Waals surface area contributed by atoms with Crippen molar-refractivity contribution >= 4 is 0 Å². The molecular weight excluding hydrogens is 245 g/mol. The predicted molar refractivity (Wildman–Crippen MR) is 66.5 cm³/mol. The number of aryl methyl sites for hydroxylation is 1. The van der Waals surface area contributed by atoms with E-state index in [4.69, 9.17) is 0 Å². The first-order valence-corrected chi connectivity index (χ1v) is 6.57. The van der Waals surface area contributed by atoms with E-state index in [1.165, 1.54) is 51.6 Å². The normalized spacial score (nSPS) is 28.0. The van der Waals surface area contributed by atoms with Crippen LogP contribution in [0.2, 0.25) is 0 Å². The summed E-state index contributed by atoms with van der Waals surface area (Å²) in [6, 6.07) is 9.80. The van der Waals surface area contributed by atoms with Crippen LogP contribution >= 0.6 is 0 Å². The molecule has 1 spiro atoms. The van der Waals surface area contributed by atoms with Crippen LogP contribution in [-0.4, -0.2) is 13.1 Å². The Balaban J connectivity index is 0.00000108. The fraction of sp³-hybridized carbons (Fsp3) is 0.600. The molecule has 0 amide bonds. The first-order chi connectivity index (χ1) is 7.88. The smallest absolute Gasteiger partial charge is 0.000122 e. The fourth-order valence-corrected chi connectivity index (χ4v) is 3.45. The second-order valence-corrected chi connectivity index (χ2v) is 5.51. The monoisotopic (exact) mass is 265 g/mol. The van der Waals surface area contributed by atoms with Crippen LogP contribution in [0.15, 0.2) is 18.2 Å². The van der Waals surface area contributed by atoms with Gasteiger partial charge in [-0.2, -0.15) is 35.4 Å². The van der Waals surface area contributed by atoms with Gasteiger partial charge < -0.3 is 5.32 Å². The Hall–Kier alpha value is -0.236. The summed E-state index contributed by atoms with van der Waals surface area (Å²) in [4.78, 5) is 0. The minimum absolute atomic E-state index is 0. The summed E-state index contributed by atoms with van der Waals surface area (Å²) in [6.45, 7) is 2.44. The molecule has 1 aliphatic carbocycles. The van der Waals surface area contributed by atoms with E-state index in [0.717, 1.165) is 0 Å². The molecule has 1 aromatic carbocycles. The molecule has 2 heteroatoms. The molecule has 91 valence electrons. The van der Waals surface area contributed by atoms with E-state index in [-0.39, 0.29) is 18.6 Å². The molecule has 1 unspecified atom stereocenters. The molecular formula is C15H20NV-. The topological polar surface area (TPSA) is 12.0 Å². The van der Waals surface area contributed by atoms with Gasteiger partial charge in [0.15, 0.2) is 0 Å². The molecule has 0 aromatic heterocycles. The molecule has 1 heterocycles. The van der Waals surface area contributed by atoms with Gasteiger partial charge in [-0.05, 0) is 31.2 Å². The molecule has 2 aliphatic rings. The van der Waals surface area contributed by atoms with Gasteiger partial charge in [-0.3, -0.25) is 0 Å². The maximum atomic E-state index is 3.59. The quantitative estimate of drug-likeness (QED) is 0.711. The minimum atomic E-state index is 0. The van der Waals surface area contributed by atoms with Gasteiger partial charge in [0.1, 0.15) is 0 Å². The zero-order chi connectivity index (χ0) is 10.8. The number of hydrogen-bond donors (Lipinski definition) is 1. The van der Waals surface area contributed by atoms with Gasteiger partial charge in [0, 0.05) is 25.1 Å². The molecule has 17 heavy (non-hydrogen) atoms. The standard InChI is InChI=1S/C15H20N.V/c1-2-6-14-11-15(9-4-10-16-12-15)8-3-7-13(14)5-1;/h1,5-6,16H,3-4,7-12H2;/q-1;. The van der Waals surface area contributed by atoms with Crippen molar-refractivity contribution < 1.29 is 18.6 Å². The summed E-state index contributed by atoms with van der Waals surface area (Å²) in [5, 5.41) is 3.59. The number of hydrogen-bond acceptors (Lipinski definition) is 1. The number of nitrogens with one attached hydrogen (secondary N) is 1. The first kappa shape index (κ1) is 13.2. The van der Waals surface area contributed by atoms with Crippen molar-refractivity contribution in [3.05, 3.63) is 35.4 Å². The van der Waals surface area contributed by atoms with E-state index in [9.17, 15) is 0 Å². The first-order valence-electron chi connectivity index (χ1n) is 6.57. The Labute approximate surface area is 116 Å². The number of rotatable bonds is 0. The summed E-state index contributed by atoms with van der Waals surface area (Å²) in [5.41, 5.74) is 3.68. The fourth-order valence-electron chi connectivity index (χ4n) is 3.45. The summed E-state index contributed by atoms with van der Waals surface area (Å²) in [7, 11) is 0. The van der Waals surface area contributed by atoms with Crippen LogP contribution in [0.3, 0.4) is 0 Å². The summed E-state index contributed by atoms with van der Waals surface area (Å²) >= 11 is 0. The molecule has 1 N–H and O–H groups in total. The Kier molecular flexibility index (Phi) is 4.35. The number of benzene rings is 1. The molecule has 1 atom stereocenters. The third-order valence-corrected chi connectivity index (χ3v) is 4.33. The van der Waals surface area contributed by atoms with E-state index >= 15 is 0 Å². The van der Waals surface area contributed by atoms with E-state index < -0.39 is 0 Å². The largest absolute Gasteiger partial charge is 0.316 e. The van der Waals surface area contributed by atoms with Crippen LogP contribution < -0.4 is 5.32 Å². The van der Waals surface area contributed by atoms with Crippen molar-refractivity contribution in [2.45, 2.75) is 38.5 Å². The molecule has 1 saturated heterocycles. The average Bonchev–Trinajstić information content (AvgIpc) is 2.49. The third-order valence-electron chi connectivity index (χ3n) is 4.33. The zero-order valence-corrected chi connectivity index (χ0v) is 11.7. The summed E-state index contributed by atoms with van der Waals surface area (Å²) in [6.07, 6.45) is 8.06. The molecule has 0 saturated carbocycles. The second kappa shape index (κ2) is 5.60. The van der Waals surface area contributed by atoms with Gasteiger partial charge in [0.25, 0.3) is 0 Å². The van der Waals surface area contributed by atoms with E-state index in [0.29, 0.717) is 5.41 Å². The number of piperidine rings is 1. The zero-order valence-electron chi connectivity index (χ0n) is 10.3. The van der Waals surface area contributed by atoms with E-state index in [2.05, 4.69) is 29.6 Å². The van der Waals surface area contributed by atoms with Crippen LogP contribution in [0.5, 0.6) is 0 Å². The average molecular weight is 265 g/mol. The van der Waals surface area contributed by atoms with Crippen LogP contribution in [0.4, 0.5) is 0 Å². The summed E-state index contributed by atoms with van der Waals surface area (Å²) in [5.74, 6) is 0. The summed E-state index contributed by atoms with van der Waals surface area (Å²) < 4.78 is 0. The molecule has 1 radical (unpaired) electrons. The Bertz CT molecular complexity index is 369. The van der Waals surface area contributed by atoms with Gasteiger partial charge in [-0.25, -0.2) is 0 Å². The van der Waals surface area contributed by atoms with Crippen molar-refractivity contribution in [1.82, 2.24) is 5.32 Å². The molecule has 1 aromatic rings. The maximum absolute atomic E-state index is 3.59. The minimum Gasteiger partial charge on any atom is -0.316 e. The Morgan fingerprint density at radius 2 is 2.06 bits per heavy atom. The van der Waals surface area contributed by atoms with Crippen molar-refractivity contribution in [3.63, 3.8) is 0 Å². The SMILES string of the molecule is [V].[c-]1ccc2c(c1)CC1(CCCNC1)CCC2. The third kappa shape index (κ3) is 2.78. The van der Waals surface area contributed by atoms with E-state index in [1.807, 2.05) is 0 Å². The van der Waals surface area contributed by atoms with Gasteiger partial charge in [-0.15, -0.1) is 0 Å². The predicted octanol–water partition coefficient (Wildman–Crippen LogP) is 2.73. The van der Waals surface area contributed by atoms with Gasteiger partial charge in [0.2, 0.25) is 0 Å². The van der Waals surface area contributed by atoms with Crippen LogP contribution in [-0.2, 0) is 31.4 Å². The van der Waals surface area contributed by atoms with Crippen molar-refractivity contribution in [2.75, 3.05) is 13.1 Å². The van der Waals surface area contributed by atoms with Gasteiger partial charge >= 0.3 is 0 Å².